The van der Waals surface area contributed by atoms with Crippen LogP contribution in [0.3, 0.4) is 0 Å². The first-order valence-corrected chi connectivity index (χ1v) is 8.65. The first-order chi connectivity index (χ1) is 10.4. The monoisotopic (exact) mass is 343 g/mol. The maximum atomic E-state index is 10.5. The van der Waals surface area contributed by atoms with Gasteiger partial charge in [0.15, 0.2) is 0 Å². The Hall–Kier alpha value is -0.540. The van der Waals surface area contributed by atoms with Gasteiger partial charge in [0.2, 0.25) is 0 Å². The Morgan fingerprint density at radius 3 is 2.50 bits per heavy atom. The Balaban J connectivity index is 2.68. The van der Waals surface area contributed by atoms with Gasteiger partial charge < -0.3 is 10.0 Å². The molecule has 22 heavy (non-hydrogen) atoms. The SMILES string of the molecule is CCCCC[C@H](CN(C)C)[C@H](O)/C=C/c1ccc(Cl)c(Cl)c1. The Morgan fingerprint density at radius 2 is 1.91 bits per heavy atom. The largest absolute Gasteiger partial charge is 0.389 e. The highest BCUT2D eigenvalue weighted by molar-refractivity contribution is 6.42. The standard InChI is InChI=1S/C18H27Cl2NO/c1-4-5-6-7-15(13-21(2)3)18(22)11-9-14-8-10-16(19)17(20)12-14/h8-12,15,18,22H,4-7,13H2,1-3H3/b11-9+/t15-,18-/m1/s1. The van der Waals surface area contributed by atoms with Crippen LogP contribution in [0.2, 0.25) is 10.0 Å². The van der Waals surface area contributed by atoms with Gasteiger partial charge in [-0.25, -0.2) is 0 Å². The first kappa shape index (κ1) is 19.5. The molecule has 0 bridgehead atoms. The molecule has 0 aliphatic carbocycles. The van der Waals surface area contributed by atoms with E-state index in [2.05, 4.69) is 11.8 Å². The second-order valence-corrected chi connectivity index (χ2v) is 6.86. The van der Waals surface area contributed by atoms with Gasteiger partial charge in [-0.05, 0) is 38.2 Å². The van der Waals surface area contributed by atoms with Crippen LogP contribution in [0.25, 0.3) is 6.08 Å². The normalized spacial score (nSPS) is 14.7. The van der Waals surface area contributed by atoms with Crippen molar-refractivity contribution < 1.29 is 5.11 Å². The third-order valence-corrected chi connectivity index (χ3v) is 4.43. The summed E-state index contributed by atoms with van der Waals surface area (Å²) in [6.07, 6.45) is 7.94. The summed E-state index contributed by atoms with van der Waals surface area (Å²) in [5.41, 5.74) is 0.950. The van der Waals surface area contributed by atoms with Gasteiger partial charge in [0.1, 0.15) is 0 Å². The number of nitrogens with zero attached hydrogens (tertiary/aromatic N) is 1. The van der Waals surface area contributed by atoms with Crippen LogP contribution in [-0.2, 0) is 0 Å². The number of aliphatic hydroxyl groups excluding tert-OH is 1. The molecule has 1 N–H and O–H groups in total. The molecular weight excluding hydrogens is 317 g/mol. The van der Waals surface area contributed by atoms with Gasteiger partial charge in [-0.3, -0.25) is 0 Å². The minimum absolute atomic E-state index is 0.251. The van der Waals surface area contributed by atoms with Gasteiger partial charge in [0, 0.05) is 12.5 Å². The summed E-state index contributed by atoms with van der Waals surface area (Å²) in [5, 5.41) is 11.5. The maximum Gasteiger partial charge on any atom is 0.0764 e. The molecule has 1 aromatic rings. The molecular formula is C18H27Cl2NO. The number of hydrogen-bond donors (Lipinski definition) is 1. The second-order valence-electron chi connectivity index (χ2n) is 6.04. The predicted molar refractivity (Wildman–Crippen MR) is 97.7 cm³/mol. The van der Waals surface area contributed by atoms with E-state index in [1.165, 1.54) is 12.8 Å². The highest BCUT2D eigenvalue weighted by Crippen LogP contribution is 2.24. The lowest BCUT2D eigenvalue weighted by atomic mass is 9.94. The molecule has 2 nitrogen and oxygen atoms in total. The van der Waals surface area contributed by atoms with E-state index < -0.39 is 6.10 Å². The van der Waals surface area contributed by atoms with E-state index in [9.17, 15) is 5.11 Å². The number of rotatable bonds is 9. The molecule has 0 heterocycles. The fraction of sp³-hybridized carbons (Fsp3) is 0.556. The molecule has 2 atom stereocenters. The molecule has 1 rings (SSSR count). The summed E-state index contributed by atoms with van der Waals surface area (Å²) in [4.78, 5) is 2.13. The molecule has 0 saturated heterocycles. The highest BCUT2D eigenvalue weighted by Gasteiger charge is 2.17. The number of hydrogen-bond acceptors (Lipinski definition) is 2. The average Bonchev–Trinajstić information content (AvgIpc) is 2.47. The quantitative estimate of drug-likeness (QED) is 0.628. The highest BCUT2D eigenvalue weighted by atomic mass is 35.5. The number of halogens is 2. The third kappa shape index (κ3) is 7.15. The lowest BCUT2D eigenvalue weighted by Crippen LogP contribution is -2.30. The minimum atomic E-state index is -0.450. The molecule has 0 aromatic heterocycles. The van der Waals surface area contributed by atoms with E-state index in [0.717, 1.165) is 24.9 Å². The zero-order valence-corrected chi connectivity index (χ0v) is 15.2. The third-order valence-electron chi connectivity index (χ3n) is 3.69. The van der Waals surface area contributed by atoms with Crippen molar-refractivity contribution >= 4 is 29.3 Å². The summed E-state index contributed by atoms with van der Waals surface area (Å²) >= 11 is 11.9. The van der Waals surface area contributed by atoms with Gasteiger partial charge in [0.25, 0.3) is 0 Å². The van der Waals surface area contributed by atoms with Gasteiger partial charge in [-0.2, -0.15) is 0 Å². The predicted octanol–water partition coefficient (Wildman–Crippen LogP) is 5.13. The van der Waals surface area contributed by atoms with Gasteiger partial charge >= 0.3 is 0 Å². The fourth-order valence-corrected chi connectivity index (χ4v) is 2.79. The second kappa shape index (κ2) is 10.3. The van der Waals surface area contributed by atoms with Gasteiger partial charge in [0.05, 0.1) is 16.1 Å². The number of aliphatic hydroxyl groups is 1. The zero-order chi connectivity index (χ0) is 16.5. The van der Waals surface area contributed by atoms with Crippen molar-refractivity contribution in [3.63, 3.8) is 0 Å². The first-order valence-electron chi connectivity index (χ1n) is 7.90. The van der Waals surface area contributed by atoms with Crippen molar-refractivity contribution in [1.29, 1.82) is 0 Å². The van der Waals surface area contributed by atoms with Crippen LogP contribution in [0.5, 0.6) is 0 Å². The summed E-state index contributed by atoms with van der Waals surface area (Å²) < 4.78 is 0. The van der Waals surface area contributed by atoms with Crippen LogP contribution in [-0.4, -0.2) is 36.8 Å². The molecule has 1 aromatic carbocycles. The summed E-state index contributed by atoms with van der Waals surface area (Å²) in [5.74, 6) is 0.251. The molecule has 0 saturated carbocycles. The van der Waals surface area contributed by atoms with Crippen LogP contribution in [0.4, 0.5) is 0 Å². The van der Waals surface area contributed by atoms with Gasteiger partial charge in [-0.1, -0.05) is 67.6 Å². The molecule has 0 aliphatic rings. The molecule has 0 aliphatic heterocycles. The molecule has 124 valence electrons. The molecule has 0 unspecified atom stereocenters. The Bertz CT molecular complexity index is 474. The van der Waals surface area contributed by atoms with Crippen LogP contribution in [0.1, 0.15) is 38.2 Å². The van der Waals surface area contributed by atoms with E-state index in [-0.39, 0.29) is 5.92 Å². The molecule has 0 radical (unpaired) electrons. The topological polar surface area (TPSA) is 23.5 Å². The van der Waals surface area contributed by atoms with Crippen molar-refractivity contribution in [2.45, 2.75) is 38.7 Å². The summed E-state index contributed by atoms with van der Waals surface area (Å²) in [6.45, 7) is 3.08. The van der Waals surface area contributed by atoms with E-state index in [4.69, 9.17) is 23.2 Å². The number of unbranched alkanes of at least 4 members (excludes halogenated alkanes) is 2. The fourth-order valence-electron chi connectivity index (χ4n) is 2.48. The molecule has 0 spiro atoms. The van der Waals surface area contributed by atoms with E-state index in [1.54, 1.807) is 6.07 Å². The Labute approximate surface area is 144 Å². The molecule has 0 fully saturated rings. The van der Waals surface area contributed by atoms with Crippen molar-refractivity contribution in [3.05, 3.63) is 39.9 Å². The zero-order valence-electron chi connectivity index (χ0n) is 13.7. The maximum absolute atomic E-state index is 10.5. The lowest BCUT2D eigenvalue weighted by Gasteiger charge is -2.24. The molecule has 0 amide bonds. The smallest absolute Gasteiger partial charge is 0.0764 e. The van der Waals surface area contributed by atoms with E-state index >= 15 is 0 Å². The van der Waals surface area contributed by atoms with Crippen LogP contribution in [0.15, 0.2) is 24.3 Å². The van der Waals surface area contributed by atoms with Crippen molar-refractivity contribution in [2.24, 2.45) is 5.92 Å². The van der Waals surface area contributed by atoms with Crippen LogP contribution < -0.4 is 0 Å². The Morgan fingerprint density at radius 1 is 1.18 bits per heavy atom. The average molecular weight is 344 g/mol. The van der Waals surface area contributed by atoms with E-state index in [1.807, 2.05) is 38.4 Å². The summed E-state index contributed by atoms with van der Waals surface area (Å²) in [6, 6.07) is 5.48. The Kier molecular flexibility index (Phi) is 9.11. The van der Waals surface area contributed by atoms with Crippen molar-refractivity contribution in [1.82, 2.24) is 4.90 Å². The van der Waals surface area contributed by atoms with Crippen molar-refractivity contribution in [3.8, 4) is 0 Å². The lowest BCUT2D eigenvalue weighted by molar-refractivity contribution is 0.122. The summed E-state index contributed by atoms with van der Waals surface area (Å²) in [7, 11) is 4.09. The van der Waals surface area contributed by atoms with Crippen LogP contribution >= 0.6 is 23.2 Å². The van der Waals surface area contributed by atoms with Crippen LogP contribution in [0, 0.1) is 5.92 Å². The van der Waals surface area contributed by atoms with Gasteiger partial charge in [-0.15, -0.1) is 0 Å². The number of benzene rings is 1. The molecule has 4 heteroatoms. The van der Waals surface area contributed by atoms with Crippen molar-refractivity contribution in [2.75, 3.05) is 20.6 Å². The minimum Gasteiger partial charge on any atom is -0.389 e. The van der Waals surface area contributed by atoms with E-state index in [0.29, 0.717) is 10.0 Å².